The van der Waals surface area contributed by atoms with Crippen LogP contribution in [0.4, 0.5) is 9.59 Å². The summed E-state index contributed by atoms with van der Waals surface area (Å²) in [5.41, 5.74) is 0.879. The Morgan fingerprint density at radius 3 is 2.53 bits per heavy atom. The van der Waals surface area contributed by atoms with Crippen LogP contribution in [-0.2, 0) is 16.1 Å². The van der Waals surface area contributed by atoms with E-state index in [1.807, 2.05) is 30.3 Å². The third-order valence-electron chi connectivity index (χ3n) is 1.81. The van der Waals surface area contributed by atoms with Crippen LogP contribution in [0.25, 0.3) is 0 Å². The van der Waals surface area contributed by atoms with Gasteiger partial charge in [0.2, 0.25) is 0 Å². The Morgan fingerprint density at radius 1 is 1.18 bits per heavy atom. The van der Waals surface area contributed by atoms with Crippen LogP contribution >= 0.6 is 0 Å². The van der Waals surface area contributed by atoms with Crippen molar-refractivity contribution in [1.82, 2.24) is 5.32 Å². The number of amides is 1. The van der Waals surface area contributed by atoms with E-state index >= 15 is 0 Å². The second-order valence-electron chi connectivity index (χ2n) is 3.10. The van der Waals surface area contributed by atoms with Gasteiger partial charge in [0.05, 0.1) is 6.54 Å². The van der Waals surface area contributed by atoms with Gasteiger partial charge in [0.15, 0.2) is 0 Å². The number of hydrogen-bond acceptors (Lipinski definition) is 4. The standard InChI is InChI=1S/C11H13NO5/c13-10(12-6-7-16-11(14)15)17-8-9-4-2-1-3-5-9/h1-5H,6-8H2,(H,12,13)(H,14,15). The van der Waals surface area contributed by atoms with E-state index in [9.17, 15) is 9.59 Å². The predicted octanol–water partition coefficient (Wildman–Crippen LogP) is 1.61. The maximum atomic E-state index is 11.1. The van der Waals surface area contributed by atoms with E-state index in [0.29, 0.717) is 0 Å². The van der Waals surface area contributed by atoms with Gasteiger partial charge in [-0.1, -0.05) is 30.3 Å². The highest BCUT2D eigenvalue weighted by Gasteiger charge is 2.02. The number of benzene rings is 1. The van der Waals surface area contributed by atoms with Crippen molar-refractivity contribution >= 4 is 12.2 Å². The van der Waals surface area contributed by atoms with Gasteiger partial charge in [-0.15, -0.1) is 0 Å². The molecule has 0 aliphatic rings. The number of ether oxygens (including phenoxy) is 2. The smallest absolute Gasteiger partial charge is 0.450 e. The van der Waals surface area contributed by atoms with Crippen LogP contribution in [0, 0.1) is 0 Å². The Balaban J connectivity index is 2.11. The molecule has 0 bridgehead atoms. The monoisotopic (exact) mass is 239 g/mol. The zero-order chi connectivity index (χ0) is 12.5. The van der Waals surface area contributed by atoms with Crippen LogP contribution < -0.4 is 5.32 Å². The van der Waals surface area contributed by atoms with Crippen molar-refractivity contribution in [2.75, 3.05) is 13.2 Å². The lowest BCUT2D eigenvalue weighted by Crippen LogP contribution is -2.28. The molecule has 0 atom stereocenters. The lowest BCUT2D eigenvalue weighted by atomic mass is 10.2. The Morgan fingerprint density at radius 2 is 1.88 bits per heavy atom. The predicted molar refractivity (Wildman–Crippen MR) is 58.6 cm³/mol. The van der Waals surface area contributed by atoms with Gasteiger partial charge < -0.3 is 19.9 Å². The molecule has 6 heteroatoms. The first-order chi connectivity index (χ1) is 8.18. The third kappa shape index (κ3) is 6.03. The Labute approximate surface area is 98.2 Å². The van der Waals surface area contributed by atoms with E-state index < -0.39 is 12.2 Å². The van der Waals surface area contributed by atoms with E-state index in [4.69, 9.17) is 9.84 Å². The van der Waals surface area contributed by atoms with Crippen molar-refractivity contribution in [3.8, 4) is 0 Å². The maximum absolute atomic E-state index is 11.1. The second-order valence-corrected chi connectivity index (χ2v) is 3.10. The maximum Gasteiger partial charge on any atom is 0.505 e. The molecule has 0 aliphatic carbocycles. The molecule has 1 rings (SSSR count). The van der Waals surface area contributed by atoms with Crippen molar-refractivity contribution in [3.05, 3.63) is 35.9 Å². The molecule has 0 heterocycles. The van der Waals surface area contributed by atoms with E-state index in [1.54, 1.807) is 0 Å². The summed E-state index contributed by atoms with van der Waals surface area (Å²) < 4.78 is 9.08. The van der Waals surface area contributed by atoms with Gasteiger partial charge in [0.1, 0.15) is 13.2 Å². The summed E-state index contributed by atoms with van der Waals surface area (Å²) in [5, 5.41) is 10.5. The number of carbonyl (C=O) groups is 2. The molecule has 6 nitrogen and oxygen atoms in total. The molecule has 17 heavy (non-hydrogen) atoms. The molecular weight excluding hydrogens is 226 g/mol. The number of alkyl carbamates (subject to hydrolysis) is 1. The van der Waals surface area contributed by atoms with Crippen LogP contribution in [0.5, 0.6) is 0 Å². The van der Waals surface area contributed by atoms with Crippen molar-refractivity contribution in [2.24, 2.45) is 0 Å². The minimum atomic E-state index is -1.37. The molecule has 0 radical (unpaired) electrons. The molecule has 1 amide bonds. The van der Waals surface area contributed by atoms with Crippen LogP contribution in [0.2, 0.25) is 0 Å². The molecule has 1 aromatic carbocycles. The number of carbonyl (C=O) groups excluding carboxylic acids is 1. The SMILES string of the molecule is O=C(O)OCCNC(=O)OCc1ccccc1. The fourth-order valence-corrected chi connectivity index (χ4v) is 1.07. The Hall–Kier alpha value is -2.24. The minimum Gasteiger partial charge on any atom is -0.450 e. The minimum absolute atomic E-state index is 0.0833. The number of rotatable bonds is 5. The lowest BCUT2D eigenvalue weighted by Gasteiger charge is -2.06. The van der Waals surface area contributed by atoms with Crippen molar-refractivity contribution in [3.63, 3.8) is 0 Å². The molecule has 0 fully saturated rings. The van der Waals surface area contributed by atoms with Crippen LogP contribution in [-0.4, -0.2) is 30.5 Å². The first-order valence-corrected chi connectivity index (χ1v) is 4.99. The van der Waals surface area contributed by atoms with Crippen LogP contribution in [0.1, 0.15) is 5.56 Å². The molecule has 0 spiro atoms. The van der Waals surface area contributed by atoms with Gasteiger partial charge in [0, 0.05) is 0 Å². The molecular formula is C11H13NO5. The van der Waals surface area contributed by atoms with E-state index in [0.717, 1.165) is 5.56 Å². The largest absolute Gasteiger partial charge is 0.505 e. The molecule has 0 aliphatic heterocycles. The fraction of sp³-hybridized carbons (Fsp3) is 0.273. The summed E-state index contributed by atoms with van der Waals surface area (Å²) in [6.07, 6.45) is -1.98. The molecule has 0 saturated carbocycles. The third-order valence-corrected chi connectivity index (χ3v) is 1.81. The normalized spacial score (nSPS) is 9.41. The molecule has 2 N–H and O–H groups in total. The number of carboxylic acid groups (broad SMARTS) is 1. The Kier molecular flexibility index (Phi) is 5.36. The molecule has 0 aromatic heterocycles. The first-order valence-electron chi connectivity index (χ1n) is 4.99. The molecule has 92 valence electrons. The summed E-state index contributed by atoms with van der Waals surface area (Å²) in [7, 11) is 0. The van der Waals surface area contributed by atoms with Gasteiger partial charge in [-0.3, -0.25) is 0 Å². The van der Waals surface area contributed by atoms with E-state index in [-0.39, 0.29) is 19.8 Å². The summed E-state index contributed by atoms with van der Waals surface area (Å²) in [6.45, 7) is 0.155. The molecule has 0 saturated heterocycles. The average molecular weight is 239 g/mol. The highest BCUT2D eigenvalue weighted by atomic mass is 16.7. The lowest BCUT2D eigenvalue weighted by molar-refractivity contribution is 0.0897. The van der Waals surface area contributed by atoms with Crippen LogP contribution in [0.3, 0.4) is 0 Å². The van der Waals surface area contributed by atoms with Crippen molar-refractivity contribution in [2.45, 2.75) is 6.61 Å². The fourth-order valence-electron chi connectivity index (χ4n) is 1.07. The average Bonchev–Trinajstić information content (AvgIpc) is 2.33. The topological polar surface area (TPSA) is 84.9 Å². The zero-order valence-corrected chi connectivity index (χ0v) is 9.09. The van der Waals surface area contributed by atoms with E-state index in [2.05, 4.69) is 10.1 Å². The summed E-state index contributed by atoms with van der Waals surface area (Å²) >= 11 is 0. The van der Waals surface area contributed by atoms with Gasteiger partial charge in [0.25, 0.3) is 0 Å². The van der Waals surface area contributed by atoms with Crippen molar-refractivity contribution < 1.29 is 24.2 Å². The number of hydrogen-bond donors (Lipinski definition) is 2. The molecule has 1 aromatic rings. The molecule has 0 unspecified atom stereocenters. The summed E-state index contributed by atoms with van der Waals surface area (Å²) in [4.78, 5) is 21.1. The van der Waals surface area contributed by atoms with Gasteiger partial charge in [-0.25, -0.2) is 9.59 Å². The quantitative estimate of drug-likeness (QED) is 0.602. The van der Waals surface area contributed by atoms with Gasteiger partial charge in [-0.2, -0.15) is 0 Å². The Bertz CT molecular complexity index is 365. The number of nitrogens with one attached hydrogen (secondary N) is 1. The summed E-state index contributed by atoms with van der Waals surface area (Å²) in [6, 6.07) is 9.23. The zero-order valence-electron chi connectivity index (χ0n) is 9.09. The highest BCUT2D eigenvalue weighted by molar-refractivity contribution is 5.67. The first kappa shape index (κ1) is 12.8. The summed E-state index contributed by atoms with van der Waals surface area (Å²) in [5.74, 6) is 0. The van der Waals surface area contributed by atoms with Crippen molar-refractivity contribution in [1.29, 1.82) is 0 Å². The van der Waals surface area contributed by atoms with Gasteiger partial charge >= 0.3 is 12.2 Å². The van der Waals surface area contributed by atoms with Gasteiger partial charge in [-0.05, 0) is 5.56 Å². The van der Waals surface area contributed by atoms with Crippen LogP contribution in [0.15, 0.2) is 30.3 Å². The second kappa shape index (κ2) is 7.10. The highest BCUT2D eigenvalue weighted by Crippen LogP contribution is 2.00. The van der Waals surface area contributed by atoms with E-state index in [1.165, 1.54) is 0 Å².